The highest BCUT2D eigenvalue weighted by Gasteiger charge is 2.27. The molecule has 1 aromatic heterocycles. The van der Waals surface area contributed by atoms with Crippen LogP contribution in [0.5, 0.6) is 0 Å². The van der Waals surface area contributed by atoms with Crippen LogP contribution in [0.2, 0.25) is 0 Å². The predicted molar refractivity (Wildman–Crippen MR) is 99.6 cm³/mol. The van der Waals surface area contributed by atoms with E-state index >= 15 is 0 Å². The third-order valence-electron chi connectivity index (χ3n) is 4.68. The first kappa shape index (κ1) is 19.4. The van der Waals surface area contributed by atoms with E-state index in [2.05, 4.69) is 21.3 Å². The van der Waals surface area contributed by atoms with Gasteiger partial charge in [0.15, 0.2) is 0 Å². The molecule has 2 aromatic rings. The van der Waals surface area contributed by atoms with E-state index in [1.54, 1.807) is 12.1 Å². The van der Waals surface area contributed by atoms with E-state index in [9.17, 15) is 13.6 Å². The van der Waals surface area contributed by atoms with Crippen molar-refractivity contribution >= 4 is 5.91 Å². The van der Waals surface area contributed by atoms with Gasteiger partial charge < -0.3 is 11.1 Å². The Labute approximate surface area is 157 Å². The quantitative estimate of drug-likeness (QED) is 0.814. The number of aryl methyl sites for hydroxylation is 1. The number of hydrogen-bond donors (Lipinski definition) is 2. The Morgan fingerprint density at radius 3 is 2.78 bits per heavy atom. The number of pyridine rings is 1. The van der Waals surface area contributed by atoms with Gasteiger partial charge in [0.05, 0.1) is 13.1 Å². The van der Waals surface area contributed by atoms with E-state index in [1.807, 2.05) is 25.3 Å². The van der Waals surface area contributed by atoms with Crippen LogP contribution < -0.4 is 11.1 Å². The minimum absolute atomic E-state index is 0.357. The van der Waals surface area contributed by atoms with Gasteiger partial charge in [0.2, 0.25) is 0 Å². The first-order valence-corrected chi connectivity index (χ1v) is 8.98. The molecular formula is C20H24F2N4O. The van der Waals surface area contributed by atoms with Crippen molar-refractivity contribution < 1.29 is 13.6 Å². The van der Waals surface area contributed by atoms with Gasteiger partial charge in [-0.25, -0.2) is 8.78 Å². The number of alkyl halides is 2. The second kappa shape index (κ2) is 8.10. The van der Waals surface area contributed by atoms with Crippen molar-refractivity contribution in [1.29, 1.82) is 0 Å². The highest BCUT2D eigenvalue weighted by atomic mass is 19.3. The van der Waals surface area contributed by atoms with Crippen molar-refractivity contribution in [2.24, 2.45) is 5.73 Å². The maximum absolute atomic E-state index is 13.1. The van der Waals surface area contributed by atoms with Crippen molar-refractivity contribution in [1.82, 2.24) is 15.2 Å². The molecule has 0 saturated heterocycles. The number of nitrogens with zero attached hydrogens (tertiary/aromatic N) is 2. The van der Waals surface area contributed by atoms with Crippen molar-refractivity contribution in [2.75, 3.05) is 19.6 Å². The van der Waals surface area contributed by atoms with Crippen LogP contribution in [0.25, 0.3) is 0 Å². The Kier molecular flexibility index (Phi) is 5.82. The molecule has 0 fully saturated rings. The van der Waals surface area contributed by atoms with Crippen LogP contribution in [0.4, 0.5) is 8.78 Å². The second-order valence-electron chi connectivity index (χ2n) is 7.02. The zero-order valence-electron chi connectivity index (χ0n) is 15.3. The topological polar surface area (TPSA) is 71.2 Å². The summed E-state index contributed by atoms with van der Waals surface area (Å²) in [4.78, 5) is 18.8. The average molecular weight is 374 g/mol. The number of carbonyl (C=O) groups is 1. The van der Waals surface area contributed by atoms with Gasteiger partial charge in [0, 0.05) is 43.5 Å². The number of nitrogens with two attached hydrogens (primary N) is 1. The van der Waals surface area contributed by atoms with E-state index in [1.165, 1.54) is 5.56 Å². The van der Waals surface area contributed by atoms with Crippen molar-refractivity contribution in [3.8, 4) is 0 Å². The molecule has 1 amide bonds. The standard InChI is InChI=1S/C20H24F2N4O/c1-14-8-17-11-26(7-6-18(17)24-9-14)10-15-2-4-16(5-3-15)19(27)25-13-20(21,22)12-23/h2-5,8-9H,6-7,10-13,23H2,1H3,(H,25,27). The number of aromatic nitrogens is 1. The number of amides is 1. The molecule has 7 heteroatoms. The molecule has 2 heterocycles. The molecule has 1 aliphatic rings. The largest absolute Gasteiger partial charge is 0.346 e. The van der Waals surface area contributed by atoms with E-state index in [4.69, 9.17) is 5.73 Å². The maximum atomic E-state index is 13.1. The lowest BCUT2D eigenvalue weighted by Crippen LogP contribution is -2.41. The Bertz CT molecular complexity index is 808. The predicted octanol–water partition coefficient (Wildman–Crippen LogP) is 2.27. The molecule has 3 N–H and O–H groups in total. The normalized spacial score (nSPS) is 14.7. The summed E-state index contributed by atoms with van der Waals surface area (Å²) in [6.07, 6.45) is 2.83. The summed E-state index contributed by atoms with van der Waals surface area (Å²) >= 11 is 0. The molecule has 0 saturated carbocycles. The molecule has 0 unspecified atom stereocenters. The number of hydrogen-bond acceptors (Lipinski definition) is 4. The number of halogens is 2. The molecule has 0 aliphatic carbocycles. The Hall–Kier alpha value is -2.38. The van der Waals surface area contributed by atoms with Gasteiger partial charge >= 0.3 is 0 Å². The molecule has 3 rings (SSSR count). The molecule has 5 nitrogen and oxygen atoms in total. The van der Waals surface area contributed by atoms with Gasteiger partial charge in [0.25, 0.3) is 11.8 Å². The van der Waals surface area contributed by atoms with Gasteiger partial charge in [-0.15, -0.1) is 0 Å². The van der Waals surface area contributed by atoms with E-state index in [0.717, 1.165) is 42.9 Å². The first-order chi connectivity index (χ1) is 12.9. The molecule has 0 atom stereocenters. The van der Waals surface area contributed by atoms with Crippen LogP contribution in [0.15, 0.2) is 36.5 Å². The number of fused-ring (bicyclic) bond motifs is 1. The fourth-order valence-electron chi connectivity index (χ4n) is 3.14. The summed E-state index contributed by atoms with van der Waals surface area (Å²) in [5.41, 5.74) is 9.98. The van der Waals surface area contributed by atoms with Gasteiger partial charge in [-0.05, 0) is 35.7 Å². The molecule has 0 spiro atoms. The Morgan fingerprint density at radius 1 is 1.33 bits per heavy atom. The van der Waals surface area contributed by atoms with Crippen molar-refractivity contribution in [3.05, 3.63) is 64.5 Å². The van der Waals surface area contributed by atoms with Gasteiger partial charge in [-0.2, -0.15) is 0 Å². The number of benzene rings is 1. The lowest BCUT2D eigenvalue weighted by Gasteiger charge is -2.28. The summed E-state index contributed by atoms with van der Waals surface area (Å²) in [5.74, 6) is -3.61. The van der Waals surface area contributed by atoms with Gasteiger partial charge in [-0.3, -0.25) is 14.7 Å². The zero-order chi connectivity index (χ0) is 19.4. The summed E-state index contributed by atoms with van der Waals surface area (Å²) < 4.78 is 26.3. The zero-order valence-corrected chi connectivity index (χ0v) is 15.3. The van der Waals surface area contributed by atoms with Gasteiger partial charge in [0.1, 0.15) is 0 Å². The summed E-state index contributed by atoms with van der Waals surface area (Å²) in [6, 6.07) is 9.22. The SMILES string of the molecule is Cc1cnc2c(c1)CN(Cc1ccc(C(=O)NCC(F)(F)CN)cc1)CC2. The monoisotopic (exact) mass is 374 g/mol. The van der Waals surface area contributed by atoms with E-state index in [0.29, 0.717) is 5.56 Å². The minimum atomic E-state index is -3.09. The van der Waals surface area contributed by atoms with Crippen molar-refractivity contribution in [3.63, 3.8) is 0 Å². The molecule has 0 radical (unpaired) electrons. The fraction of sp³-hybridized carbons (Fsp3) is 0.400. The lowest BCUT2D eigenvalue weighted by molar-refractivity contribution is 0.0118. The van der Waals surface area contributed by atoms with Crippen LogP contribution in [0.3, 0.4) is 0 Å². The third-order valence-corrected chi connectivity index (χ3v) is 4.68. The highest BCUT2D eigenvalue weighted by molar-refractivity contribution is 5.94. The average Bonchev–Trinajstić information content (AvgIpc) is 2.66. The molecule has 0 bridgehead atoms. The molecular weight excluding hydrogens is 350 g/mol. The Balaban J connectivity index is 1.57. The van der Waals surface area contributed by atoms with E-state index in [-0.39, 0.29) is 0 Å². The van der Waals surface area contributed by atoms with Crippen LogP contribution >= 0.6 is 0 Å². The highest BCUT2D eigenvalue weighted by Crippen LogP contribution is 2.20. The van der Waals surface area contributed by atoms with Crippen molar-refractivity contribution in [2.45, 2.75) is 32.4 Å². The molecule has 1 aromatic carbocycles. The third kappa shape index (κ3) is 5.08. The first-order valence-electron chi connectivity index (χ1n) is 8.98. The number of carbonyl (C=O) groups excluding carboxylic acids is 1. The van der Waals surface area contributed by atoms with Crippen LogP contribution in [-0.2, 0) is 19.5 Å². The number of nitrogens with one attached hydrogen (secondary N) is 1. The molecule has 1 aliphatic heterocycles. The summed E-state index contributed by atoms with van der Waals surface area (Å²) in [7, 11) is 0. The summed E-state index contributed by atoms with van der Waals surface area (Å²) in [6.45, 7) is 3.03. The fourth-order valence-corrected chi connectivity index (χ4v) is 3.14. The smallest absolute Gasteiger partial charge is 0.277 e. The lowest BCUT2D eigenvalue weighted by atomic mass is 10.0. The van der Waals surface area contributed by atoms with Crippen LogP contribution in [0, 0.1) is 6.92 Å². The number of rotatable bonds is 6. The molecule has 27 heavy (non-hydrogen) atoms. The Morgan fingerprint density at radius 2 is 2.07 bits per heavy atom. The minimum Gasteiger partial charge on any atom is -0.346 e. The molecule has 144 valence electrons. The summed E-state index contributed by atoms with van der Waals surface area (Å²) in [5, 5.41) is 2.22. The van der Waals surface area contributed by atoms with Crippen LogP contribution in [-0.4, -0.2) is 41.3 Å². The van der Waals surface area contributed by atoms with Gasteiger partial charge in [-0.1, -0.05) is 18.2 Å². The maximum Gasteiger partial charge on any atom is 0.277 e. The van der Waals surface area contributed by atoms with Crippen LogP contribution in [0.1, 0.15) is 32.7 Å². The second-order valence-corrected chi connectivity index (χ2v) is 7.02. The van der Waals surface area contributed by atoms with E-state index < -0.39 is 24.9 Å².